The van der Waals surface area contributed by atoms with E-state index >= 15 is 0 Å². The van der Waals surface area contributed by atoms with E-state index in [1.54, 1.807) is 36.3 Å². The maximum atomic E-state index is 12.6. The van der Waals surface area contributed by atoms with Gasteiger partial charge in [-0.15, -0.1) is 0 Å². The lowest BCUT2D eigenvalue weighted by Crippen LogP contribution is -2.39. The van der Waals surface area contributed by atoms with E-state index < -0.39 is 30.4 Å². The second-order valence-electron chi connectivity index (χ2n) is 7.17. The molecule has 1 fully saturated rings. The number of amides is 1. The minimum Gasteiger partial charge on any atom is -0.387 e. The van der Waals surface area contributed by atoms with E-state index in [0.717, 1.165) is 0 Å². The number of nitrogens with zero attached hydrogens (tertiary/aromatic N) is 6. The first kappa shape index (κ1) is 19.2. The summed E-state index contributed by atoms with van der Waals surface area (Å²) in [5, 5.41) is 35.0. The van der Waals surface area contributed by atoms with Crippen molar-refractivity contribution in [2.24, 2.45) is 7.05 Å². The Kier molecular flexibility index (Phi) is 4.43. The Bertz CT molecular complexity index is 1250. The number of hydrogen-bond acceptors (Lipinski definition) is 9. The molecule has 4 atom stereocenters. The van der Waals surface area contributed by atoms with Crippen molar-refractivity contribution in [2.75, 3.05) is 11.1 Å². The number of anilines is 2. The number of rotatable bonds is 4. The topological polar surface area (TPSA) is 182 Å². The summed E-state index contributed by atoms with van der Waals surface area (Å²) in [6, 6.07) is 3.35. The van der Waals surface area contributed by atoms with E-state index in [1.165, 1.54) is 17.1 Å². The summed E-state index contributed by atoms with van der Waals surface area (Å²) in [5.41, 5.74) is 7.72. The van der Waals surface area contributed by atoms with Crippen LogP contribution in [0.3, 0.4) is 0 Å². The monoisotopic (exact) mass is 425 g/mol. The van der Waals surface area contributed by atoms with Gasteiger partial charge in [-0.2, -0.15) is 10.2 Å². The molecular formula is C18H19N9O4. The summed E-state index contributed by atoms with van der Waals surface area (Å²) in [5.74, 6) is -0.0667. The first-order valence-electron chi connectivity index (χ1n) is 9.37. The van der Waals surface area contributed by atoms with E-state index in [2.05, 4.69) is 30.6 Å². The highest BCUT2D eigenvalue weighted by atomic mass is 16.6. The molecule has 0 saturated carbocycles. The summed E-state index contributed by atoms with van der Waals surface area (Å²) in [6.07, 6.45) is 0.904. The number of carbonyl (C=O) groups is 1. The van der Waals surface area contributed by atoms with Crippen LogP contribution >= 0.6 is 0 Å². The predicted molar refractivity (Wildman–Crippen MR) is 107 cm³/mol. The van der Waals surface area contributed by atoms with Crippen molar-refractivity contribution in [3.05, 3.63) is 37.1 Å². The van der Waals surface area contributed by atoms with Gasteiger partial charge in [-0.25, -0.2) is 9.97 Å². The lowest BCUT2D eigenvalue weighted by atomic mass is 10.1. The highest BCUT2D eigenvalue weighted by Gasteiger charge is 2.48. The van der Waals surface area contributed by atoms with E-state index in [1.807, 2.05) is 0 Å². The summed E-state index contributed by atoms with van der Waals surface area (Å²) >= 11 is 0. The summed E-state index contributed by atoms with van der Waals surface area (Å²) in [7, 11) is 1.78. The number of aryl methyl sites for hydroxylation is 1. The van der Waals surface area contributed by atoms with Gasteiger partial charge in [0.15, 0.2) is 12.3 Å². The molecule has 0 bridgehead atoms. The minimum absolute atomic E-state index is 0.228. The first-order valence-corrected chi connectivity index (χ1v) is 9.37. The van der Waals surface area contributed by atoms with Gasteiger partial charge in [0.1, 0.15) is 35.8 Å². The lowest BCUT2D eigenvalue weighted by molar-refractivity contribution is -0.132. The molecule has 4 aromatic heterocycles. The van der Waals surface area contributed by atoms with Gasteiger partial charge in [-0.1, -0.05) is 0 Å². The zero-order chi connectivity index (χ0) is 21.7. The van der Waals surface area contributed by atoms with Crippen molar-refractivity contribution in [1.82, 2.24) is 34.5 Å². The smallest absolute Gasteiger partial charge is 0.257 e. The van der Waals surface area contributed by atoms with Crippen LogP contribution in [0.4, 0.5) is 11.6 Å². The van der Waals surface area contributed by atoms with Crippen LogP contribution in [0.15, 0.2) is 37.1 Å². The molecule has 4 aromatic rings. The van der Waals surface area contributed by atoms with Gasteiger partial charge in [0, 0.05) is 31.1 Å². The van der Waals surface area contributed by atoms with Crippen LogP contribution in [-0.2, 0) is 16.6 Å². The second-order valence-corrected chi connectivity index (χ2v) is 7.17. The average Bonchev–Trinajstić information content (AvgIpc) is 3.51. The molecule has 160 valence electrons. The summed E-state index contributed by atoms with van der Waals surface area (Å²) < 4.78 is 8.94. The van der Waals surface area contributed by atoms with Gasteiger partial charge in [-0.05, 0) is 6.07 Å². The molecular weight excluding hydrogens is 406 g/mol. The fourth-order valence-corrected chi connectivity index (χ4v) is 3.69. The molecule has 5 rings (SSSR count). The number of H-pyrrole nitrogens is 1. The number of aromatic nitrogens is 7. The number of aromatic amines is 1. The van der Waals surface area contributed by atoms with Gasteiger partial charge in [-0.3, -0.25) is 14.6 Å². The Morgan fingerprint density at radius 2 is 2.13 bits per heavy atom. The Hall–Kier alpha value is -3.81. The van der Waals surface area contributed by atoms with Crippen LogP contribution in [0.2, 0.25) is 0 Å². The summed E-state index contributed by atoms with van der Waals surface area (Å²) in [4.78, 5) is 20.9. The Balaban J connectivity index is 1.53. The number of nitrogens with two attached hydrogens (primary N) is 1. The van der Waals surface area contributed by atoms with Crippen molar-refractivity contribution in [2.45, 2.75) is 24.5 Å². The van der Waals surface area contributed by atoms with Crippen molar-refractivity contribution >= 4 is 28.6 Å². The third-order valence-corrected chi connectivity index (χ3v) is 5.16. The molecule has 13 nitrogen and oxygen atoms in total. The SMILES string of the molecule is Cn1ccc(-c2cn([C@@H]3O[C@H](C(=O)Nc4ccn[nH]4)[C@@H](O)[C@H]3O)c3ncnc(N)c23)n1. The van der Waals surface area contributed by atoms with Gasteiger partial charge in [0.05, 0.1) is 17.3 Å². The molecule has 0 radical (unpaired) electrons. The van der Waals surface area contributed by atoms with Crippen molar-refractivity contribution in [1.29, 1.82) is 0 Å². The van der Waals surface area contributed by atoms with Crippen LogP contribution in [0.1, 0.15) is 6.23 Å². The number of ether oxygens (including phenoxy) is 1. The minimum atomic E-state index is -1.47. The summed E-state index contributed by atoms with van der Waals surface area (Å²) in [6.45, 7) is 0. The molecule has 0 unspecified atom stereocenters. The van der Waals surface area contributed by atoms with E-state index in [9.17, 15) is 15.0 Å². The molecule has 1 saturated heterocycles. The van der Waals surface area contributed by atoms with Crippen LogP contribution in [0.25, 0.3) is 22.3 Å². The van der Waals surface area contributed by atoms with Crippen LogP contribution in [-0.4, -0.2) is 68.9 Å². The molecule has 0 spiro atoms. The molecule has 13 heteroatoms. The third-order valence-electron chi connectivity index (χ3n) is 5.16. The number of hydrogen-bond donors (Lipinski definition) is 5. The average molecular weight is 425 g/mol. The molecule has 1 aliphatic rings. The molecule has 6 N–H and O–H groups in total. The fourth-order valence-electron chi connectivity index (χ4n) is 3.69. The van der Waals surface area contributed by atoms with Gasteiger partial charge in [0.2, 0.25) is 0 Å². The lowest BCUT2D eigenvalue weighted by Gasteiger charge is -2.17. The van der Waals surface area contributed by atoms with Crippen molar-refractivity contribution in [3.8, 4) is 11.3 Å². The Labute approximate surface area is 174 Å². The van der Waals surface area contributed by atoms with Crippen molar-refractivity contribution < 1.29 is 19.7 Å². The van der Waals surface area contributed by atoms with Crippen LogP contribution < -0.4 is 11.1 Å². The maximum absolute atomic E-state index is 12.6. The number of carbonyl (C=O) groups excluding carboxylic acids is 1. The molecule has 31 heavy (non-hydrogen) atoms. The van der Waals surface area contributed by atoms with E-state index in [-0.39, 0.29) is 5.82 Å². The maximum Gasteiger partial charge on any atom is 0.257 e. The quantitative estimate of drug-likeness (QED) is 0.285. The Morgan fingerprint density at radius 3 is 2.84 bits per heavy atom. The standard InChI is InChI=1S/C18H19N9O4/c1-26-5-3-9(25-26)8-6-27(16-11(8)15(19)20-7-21-16)18-13(29)12(28)14(31-18)17(30)23-10-2-4-22-24-10/h2-7,12-14,18,28-29H,1H3,(H2,19,20,21)(H2,22,23,24,30)/t12-,13+,14-,18+/m0/s1. The molecule has 1 amide bonds. The van der Waals surface area contributed by atoms with Crippen LogP contribution in [0, 0.1) is 0 Å². The first-order chi connectivity index (χ1) is 14.9. The fraction of sp³-hybridized carbons (Fsp3) is 0.278. The van der Waals surface area contributed by atoms with E-state index in [4.69, 9.17) is 10.5 Å². The highest BCUT2D eigenvalue weighted by Crippen LogP contribution is 2.38. The number of fused-ring (bicyclic) bond motifs is 1. The zero-order valence-electron chi connectivity index (χ0n) is 16.2. The van der Waals surface area contributed by atoms with Crippen LogP contribution in [0.5, 0.6) is 0 Å². The molecule has 1 aliphatic heterocycles. The Morgan fingerprint density at radius 1 is 1.29 bits per heavy atom. The molecule has 5 heterocycles. The van der Waals surface area contributed by atoms with Crippen molar-refractivity contribution in [3.63, 3.8) is 0 Å². The molecule has 0 aliphatic carbocycles. The third kappa shape index (κ3) is 3.11. The number of nitrogen functional groups attached to an aromatic ring is 1. The number of aliphatic hydroxyl groups excluding tert-OH is 2. The normalized spacial score (nSPS) is 23.5. The zero-order valence-corrected chi connectivity index (χ0v) is 16.2. The second kappa shape index (κ2) is 7.16. The largest absolute Gasteiger partial charge is 0.387 e. The highest BCUT2D eigenvalue weighted by molar-refractivity contribution is 6.00. The van der Waals surface area contributed by atoms with E-state index in [0.29, 0.717) is 28.1 Å². The van der Waals surface area contributed by atoms with Gasteiger partial charge >= 0.3 is 0 Å². The number of aliphatic hydroxyl groups is 2. The van der Waals surface area contributed by atoms with Gasteiger partial charge < -0.3 is 30.6 Å². The van der Waals surface area contributed by atoms with Gasteiger partial charge in [0.25, 0.3) is 5.91 Å². The number of nitrogens with one attached hydrogen (secondary N) is 2. The predicted octanol–water partition coefficient (Wildman–Crippen LogP) is -0.605. The molecule has 0 aromatic carbocycles.